The van der Waals surface area contributed by atoms with E-state index in [-0.39, 0.29) is 5.75 Å². The van der Waals surface area contributed by atoms with Crippen molar-refractivity contribution in [3.8, 4) is 28.5 Å². The molecule has 1 saturated carbocycles. The number of hydrogen-bond donors (Lipinski definition) is 1. The molecule has 0 unspecified atom stereocenters. The molecule has 1 fully saturated rings. The number of aromatic hydroxyl groups is 1. The first-order valence-electron chi connectivity index (χ1n) is 13.5. The molecule has 4 heteroatoms. The number of hydrogen-bond acceptors (Lipinski definition) is 3. The highest BCUT2D eigenvalue weighted by Crippen LogP contribution is 2.37. The Hall–Kier alpha value is -4.18. The number of phenolic OH excluding ortho intramolecular Hbond substituents is 1. The predicted octanol–water partition coefficient (Wildman–Crippen LogP) is 8.27. The van der Waals surface area contributed by atoms with Crippen LogP contribution in [0, 0.1) is 6.92 Å². The molecular weight excluding hydrogens is 470 g/mol. The van der Waals surface area contributed by atoms with Crippen molar-refractivity contribution in [1.29, 1.82) is 0 Å². The first-order chi connectivity index (χ1) is 18.6. The summed E-state index contributed by atoms with van der Waals surface area (Å²) >= 11 is 0. The van der Waals surface area contributed by atoms with Crippen molar-refractivity contribution in [3.63, 3.8) is 0 Å². The second-order valence-corrected chi connectivity index (χ2v) is 10.2. The maximum absolute atomic E-state index is 9.79. The van der Waals surface area contributed by atoms with Crippen LogP contribution in [0.1, 0.15) is 42.4 Å². The van der Waals surface area contributed by atoms with Gasteiger partial charge in [0.05, 0.1) is 11.8 Å². The smallest absolute Gasteiger partial charge is 0.120 e. The molecule has 4 nitrogen and oxygen atoms in total. The van der Waals surface area contributed by atoms with Gasteiger partial charge in [0.1, 0.15) is 23.9 Å². The molecule has 0 saturated heterocycles. The average molecular weight is 504 g/mol. The molecule has 0 atom stereocenters. The Morgan fingerprint density at radius 1 is 0.789 bits per heavy atom. The van der Waals surface area contributed by atoms with Crippen molar-refractivity contribution < 1.29 is 14.6 Å². The van der Waals surface area contributed by atoms with Gasteiger partial charge in [-0.25, -0.2) is 0 Å². The van der Waals surface area contributed by atoms with Crippen molar-refractivity contribution in [1.82, 2.24) is 4.57 Å². The minimum Gasteiger partial charge on any atom is -0.508 e. The van der Waals surface area contributed by atoms with Crippen LogP contribution in [0.3, 0.4) is 0 Å². The van der Waals surface area contributed by atoms with E-state index >= 15 is 0 Å². The third-order valence-electron chi connectivity index (χ3n) is 7.55. The van der Waals surface area contributed by atoms with Crippen LogP contribution in [0.5, 0.6) is 17.2 Å². The molecule has 1 N–H and O–H groups in total. The summed E-state index contributed by atoms with van der Waals surface area (Å²) in [6.45, 7) is 3.42. The topological polar surface area (TPSA) is 43.6 Å². The largest absolute Gasteiger partial charge is 0.508 e. The highest BCUT2D eigenvalue weighted by Gasteiger charge is 2.19. The highest BCUT2D eigenvalue weighted by molar-refractivity contribution is 5.92. The van der Waals surface area contributed by atoms with E-state index in [9.17, 15) is 5.11 Å². The molecule has 0 radical (unpaired) electrons. The lowest BCUT2D eigenvalue weighted by Crippen LogP contribution is -2.10. The van der Waals surface area contributed by atoms with Gasteiger partial charge >= 0.3 is 0 Å². The minimum atomic E-state index is 0.278. The van der Waals surface area contributed by atoms with E-state index in [1.54, 1.807) is 12.1 Å². The molecule has 1 aliphatic rings. The van der Waals surface area contributed by atoms with Crippen molar-refractivity contribution >= 4 is 10.9 Å². The van der Waals surface area contributed by atoms with Crippen LogP contribution in [0.15, 0.2) is 97.1 Å². The van der Waals surface area contributed by atoms with Gasteiger partial charge in [0.15, 0.2) is 0 Å². The summed E-state index contributed by atoms with van der Waals surface area (Å²) in [7, 11) is 0. The highest BCUT2D eigenvalue weighted by atomic mass is 16.5. The van der Waals surface area contributed by atoms with Crippen LogP contribution in [0.4, 0.5) is 0 Å². The summed E-state index contributed by atoms with van der Waals surface area (Å²) in [4.78, 5) is 0. The molecule has 1 aromatic heterocycles. The number of aryl methyl sites for hydroxylation is 1. The van der Waals surface area contributed by atoms with Crippen molar-refractivity contribution in [2.45, 2.75) is 51.9 Å². The Bertz CT molecular complexity index is 1510. The Kier molecular flexibility index (Phi) is 6.78. The van der Waals surface area contributed by atoms with E-state index in [1.807, 2.05) is 30.3 Å². The monoisotopic (exact) mass is 503 g/mol. The first-order valence-corrected chi connectivity index (χ1v) is 13.5. The molecule has 0 amide bonds. The van der Waals surface area contributed by atoms with Gasteiger partial charge in [-0.3, -0.25) is 0 Å². The molecule has 4 aromatic carbocycles. The second-order valence-electron chi connectivity index (χ2n) is 10.2. The van der Waals surface area contributed by atoms with Crippen LogP contribution in [-0.4, -0.2) is 15.8 Å². The standard InChI is InChI=1S/C34H33NO3/c1-24-32-21-31(37-23-26-7-3-2-4-8-26)19-20-33(32)35(22-25-11-15-28(36)16-12-25)34(24)27-13-17-30(18-14-27)38-29-9-5-6-10-29/h2-4,7-8,11-21,29,36H,5-6,9-10,22-23H2,1H3. The van der Waals surface area contributed by atoms with Gasteiger partial charge in [-0.05, 0) is 109 Å². The molecule has 1 heterocycles. The third-order valence-corrected chi connectivity index (χ3v) is 7.55. The van der Waals surface area contributed by atoms with Crippen molar-refractivity contribution in [3.05, 3.63) is 114 Å². The van der Waals surface area contributed by atoms with E-state index in [4.69, 9.17) is 9.47 Å². The Labute approximate surface area is 224 Å². The molecule has 192 valence electrons. The number of nitrogens with zero attached hydrogens (tertiary/aromatic N) is 1. The fraction of sp³-hybridized carbons (Fsp3) is 0.235. The van der Waals surface area contributed by atoms with Gasteiger partial charge in [0.2, 0.25) is 0 Å². The zero-order valence-electron chi connectivity index (χ0n) is 21.8. The van der Waals surface area contributed by atoms with Crippen LogP contribution in [-0.2, 0) is 13.2 Å². The SMILES string of the molecule is Cc1c(-c2ccc(OC3CCCC3)cc2)n(Cc2ccc(O)cc2)c2ccc(OCc3ccccc3)cc12. The van der Waals surface area contributed by atoms with Crippen LogP contribution in [0.2, 0.25) is 0 Å². The van der Waals surface area contributed by atoms with E-state index in [0.717, 1.165) is 46.5 Å². The normalized spacial score (nSPS) is 13.7. The predicted molar refractivity (Wildman–Crippen MR) is 153 cm³/mol. The number of benzene rings is 4. The lowest BCUT2D eigenvalue weighted by Gasteiger charge is -2.15. The van der Waals surface area contributed by atoms with Crippen molar-refractivity contribution in [2.75, 3.05) is 0 Å². The summed E-state index contributed by atoms with van der Waals surface area (Å²) in [5.41, 5.74) is 6.99. The van der Waals surface area contributed by atoms with E-state index < -0.39 is 0 Å². The first kappa shape index (κ1) is 24.2. The molecule has 0 spiro atoms. The van der Waals surface area contributed by atoms with E-state index in [2.05, 4.69) is 66.1 Å². The van der Waals surface area contributed by atoms with Gasteiger partial charge < -0.3 is 19.1 Å². The van der Waals surface area contributed by atoms with Gasteiger partial charge in [-0.2, -0.15) is 0 Å². The van der Waals surface area contributed by atoms with Gasteiger partial charge in [0, 0.05) is 17.4 Å². The van der Waals surface area contributed by atoms with E-state index in [0.29, 0.717) is 19.3 Å². The molecule has 1 aliphatic carbocycles. The number of aromatic nitrogens is 1. The number of rotatable bonds is 8. The average Bonchev–Trinajstić information content (AvgIpc) is 3.56. The fourth-order valence-corrected chi connectivity index (χ4v) is 5.54. The summed E-state index contributed by atoms with van der Waals surface area (Å²) in [5, 5.41) is 11.0. The number of phenols is 1. The second kappa shape index (κ2) is 10.7. The lowest BCUT2D eigenvalue weighted by molar-refractivity contribution is 0.210. The van der Waals surface area contributed by atoms with Gasteiger partial charge in [-0.1, -0.05) is 42.5 Å². The molecule has 5 aromatic rings. The molecule has 0 aliphatic heterocycles. The Morgan fingerprint density at radius 3 is 2.24 bits per heavy atom. The third kappa shape index (κ3) is 5.12. The molecule has 6 rings (SSSR count). The van der Waals surface area contributed by atoms with E-state index in [1.165, 1.54) is 29.5 Å². The summed E-state index contributed by atoms with van der Waals surface area (Å²) in [5.74, 6) is 2.08. The summed E-state index contributed by atoms with van der Waals surface area (Å²) < 4.78 is 14.8. The minimum absolute atomic E-state index is 0.278. The summed E-state index contributed by atoms with van der Waals surface area (Å²) in [6.07, 6.45) is 5.16. The quantitative estimate of drug-likeness (QED) is 0.232. The zero-order valence-corrected chi connectivity index (χ0v) is 21.8. The number of ether oxygens (including phenoxy) is 2. The van der Waals surface area contributed by atoms with Crippen LogP contribution < -0.4 is 9.47 Å². The molecule has 38 heavy (non-hydrogen) atoms. The Morgan fingerprint density at radius 2 is 1.50 bits per heavy atom. The van der Waals surface area contributed by atoms with Crippen LogP contribution >= 0.6 is 0 Å². The van der Waals surface area contributed by atoms with Gasteiger partial charge in [0.25, 0.3) is 0 Å². The number of fused-ring (bicyclic) bond motifs is 1. The van der Waals surface area contributed by atoms with Gasteiger partial charge in [-0.15, -0.1) is 0 Å². The molecule has 0 bridgehead atoms. The zero-order chi connectivity index (χ0) is 25.9. The molecular formula is C34H33NO3. The summed E-state index contributed by atoms with van der Waals surface area (Å²) in [6, 6.07) is 32.6. The van der Waals surface area contributed by atoms with Crippen molar-refractivity contribution in [2.24, 2.45) is 0 Å². The fourth-order valence-electron chi connectivity index (χ4n) is 5.54. The maximum Gasteiger partial charge on any atom is 0.120 e. The maximum atomic E-state index is 9.79. The Balaban J connectivity index is 1.36. The lowest BCUT2D eigenvalue weighted by atomic mass is 10.1. The van der Waals surface area contributed by atoms with Crippen LogP contribution in [0.25, 0.3) is 22.2 Å².